The van der Waals surface area contributed by atoms with Gasteiger partial charge in [0.25, 0.3) is 0 Å². The molecule has 0 bridgehead atoms. The van der Waals surface area contributed by atoms with E-state index in [-0.39, 0.29) is 11.8 Å². The molecule has 0 saturated carbocycles. The van der Waals surface area contributed by atoms with Crippen molar-refractivity contribution in [1.82, 2.24) is 10.3 Å². The molecule has 2 rings (SSSR count). The molecule has 0 aliphatic carbocycles. The van der Waals surface area contributed by atoms with Crippen molar-refractivity contribution in [2.45, 2.75) is 11.3 Å². The second kappa shape index (κ2) is 6.03. The minimum absolute atomic E-state index is 0.0248. The number of carbonyl (C=O) groups is 2. The van der Waals surface area contributed by atoms with Crippen molar-refractivity contribution in [2.75, 3.05) is 18.1 Å². The molecule has 2 amide bonds. The first-order chi connectivity index (χ1) is 9.08. The monoisotopic (exact) mass is 295 g/mol. The van der Waals surface area contributed by atoms with Crippen LogP contribution in [0, 0.1) is 0 Å². The molecular formula is C12H13N3O2S2. The number of nitrogens with one attached hydrogen (secondary N) is 2. The van der Waals surface area contributed by atoms with E-state index in [0.717, 1.165) is 20.2 Å². The highest BCUT2D eigenvalue weighted by molar-refractivity contribution is 8.01. The van der Waals surface area contributed by atoms with E-state index in [1.165, 1.54) is 30.0 Å². The number of hydrogen-bond donors (Lipinski definition) is 2. The Hall–Kier alpha value is -1.60. The van der Waals surface area contributed by atoms with Crippen LogP contribution in [0.5, 0.6) is 0 Å². The molecule has 0 aliphatic heterocycles. The molecular weight excluding hydrogens is 282 g/mol. The molecule has 0 atom stereocenters. The summed E-state index contributed by atoms with van der Waals surface area (Å²) in [6.07, 6.45) is 0. The fourth-order valence-electron chi connectivity index (χ4n) is 1.45. The quantitative estimate of drug-likeness (QED) is 0.847. The van der Waals surface area contributed by atoms with Crippen molar-refractivity contribution in [3.05, 3.63) is 18.2 Å². The molecule has 2 N–H and O–H groups in total. The number of thioether (sulfide) groups is 1. The highest BCUT2D eigenvalue weighted by Crippen LogP contribution is 2.31. The van der Waals surface area contributed by atoms with Crippen LogP contribution in [0.1, 0.15) is 6.92 Å². The second-order valence-electron chi connectivity index (χ2n) is 3.81. The lowest BCUT2D eigenvalue weighted by Crippen LogP contribution is -2.19. The highest BCUT2D eigenvalue weighted by atomic mass is 32.2. The van der Waals surface area contributed by atoms with Crippen LogP contribution in [0.15, 0.2) is 22.5 Å². The van der Waals surface area contributed by atoms with Crippen LogP contribution in [-0.4, -0.2) is 29.6 Å². The molecule has 0 unspecified atom stereocenters. The van der Waals surface area contributed by atoms with Crippen molar-refractivity contribution in [3.8, 4) is 0 Å². The topological polar surface area (TPSA) is 71.1 Å². The van der Waals surface area contributed by atoms with Crippen LogP contribution in [-0.2, 0) is 9.59 Å². The number of carbonyl (C=O) groups excluding carboxylic acids is 2. The maximum Gasteiger partial charge on any atom is 0.230 e. The molecule has 2 aromatic rings. The van der Waals surface area contributed by atoms with Gasteiger partial charge < -0.3 is 10.6 Å². The van der Waals surface area contributed by atoms with E-state index < -0.39 is 0 Å². The Kier molecular flexibility index (Phi) is 4.39. The number of amides is 2. The number of aromatic nitrogens is 1. The van der Waals surface area contributed by atoms with Crippen molar-refractivity contribution >= 4 is 50.8 Å². The summed E-state index contributed by atoms with van der Waals surface area (Å²) in [4.78, 5) is 26.6. The molecule has 1 aromatic heterocycles. The van der Waals surface area contributed by atoms with E-state index in [2.05, 4.69) is 15.6 Å². The zero-order chi connectivity index (χ0) is 13.8. The minimum atomic E-state index is -0.0990. The molecule has 100 valence electrons. The van der Waals surface area contributed by atoms with E-state index in [0.29, 0.717) is 5.75 Å². The first kappa shape index (κ1) is 13.8. The van der Waals surface area contributed by atoms with Gasteiger partial charge in [-0.05, 0) is 18.2 Å². The third-order valence-electron chi connectivity index (χ3n) is 2.29. The van der Waals surface area contributed by atoms with Gasteiger partial charge in [-0.1, -0.05) is 11.8 Å². The number of thiazole rings is 1. The Morgan fingerprint density at radius 2 is 2.21 bits per heavy atom. The standard InChI is InChI=1S/C12H13N3O2S2/c1-7(16)14-8-3-4-9-10(5-8)19-12(15-9)18-6-11(17)13-2/h3-5H,6H2,1-2H3,(H,13,17)(H,14,16). The SMILES string of the molecule is CNC(=O)CSc1nc2ccc(NC(C)=O)cc2s1. The fraction of sp³-hybridized carbons (Fsp3) is 0.250. The van der Waals surface area contributed by atoms with Gasteiger partial charge in [0.1, 0.15) is 0 Å². The largest absolute Gasteiger partial charge is 0.358 e. The molecule has 1 heterocycles. The van der Waals surface area contributed by atoms with Crippen LogP contribution in [0.3, 0.4) is 0 Å². The fourth-order valence-corrected chi connectivity index (χ4v) is 3.43. The van der Waals surface area contributed by atoms with E-state index in [4.69, 9.17) is 0 Å². The number of benzene rings is 1. The lowest BCUT2D eigenvalue weighted by molar-refractivity contribution is -0.118. The average molecular weight is 295 g/mol. The molecule has 5 nitrogen and oxygen atoms in total. The summed E-state index contributed by atoms with van der Waals surface area (Å²) >= 11 is 2.92. The van der Waals surface area contributed by atoms with Crippen molar-refractivity contribution in [2.24, 2.45) is 0 Å². The molecule has 1 aromatic carbocycles. The van der Waals surface area contributed by atoms with Gasteiger partial charge in [0.05, 0.1) is 16.0 Å². The van der Waals surface area contributed by atoms with Gasteiger partial charge in [-0.3, -0.25) is 9.59 Å². The van der Waals surface area contributed by atoms with E-state index in [1.807, 2.05) is 18.2 Å². The van der Waals surface area contributed by atoms with Crippen molar-refractivity contribution < 1.29 is 9.59 Å². The zero-order valence-corrected chi connectivity index (χ0v) is 12.2. The summed E-state index contributed by atoms with van der Waals surface area (Å²) in [5.41, 5.74) is 1.63. The number of fused-ring (bicyclic) bond motifs is 1. The number of anilines is 1. The van der Waals surface area contributed by atoms with Gasteiger partial charge in [0, 0.05) is 19.7 Å². The molecule has 0 fully saturated rings. The van der Waals surface area contributed by atoms with Crippen molar-refractivity contribution in [1.29, 1.82) is 0 Å². The number of hydrogen-bond acceptors (Lipinski definition) is 5. The van der Waals surface area contributed by atoms with Crippen LogP contribution in [0.4, 0.5) is 5.69 Å². The molecule has 0 saturated heterocycles. The first-order valence-corrected chi connectivity index (χ1v) is 7.40. The summed E-state index contributed by atoms with van der Waals surface area (Å²) in [6, 6.07) is 5.57. The first-order valence-electron chi connectivity index (χ1n) is 5.60. The second-order valence-corrected chi connectivity index (χ2v) is 6.06. The molecule has 0 aliphatic rings. The van der Waals surface area contributed by atoms with E-state index in [9.17, 15) is 9.59 Å². The van der Waals surface area contributed by atoms with E-state index >= 15 is 0 Å². The Morgan fingerprint density at radius 3 is 2.89 bits per heavy atom. The maximum atomic E-state index is 11.2. The molecule has 19 heavy (non-hydrogen) atoms. The third-order valence-corrected chi connectivity index (χ3v) is 4.46. The average Bonchev–Trinajstić information content (AvgIpc) is 2.77. The van der Waals surface area contributed by atoms with Gasteiger partial charge >= 0.3 is 0 Å². The Labute approximate surface area is 118 Å². The van der Waals surface area contributed by atoms with Gasteiger partial charge in [0.15, 0.2) is 4.34 Å². The van der Waals surface area contributed by atoms with Crippen LogP contribution < -0.4 is 10.6 Å². The number of nitrogens with zero attached hydrogens (tertiary/aromatic N) is 1. The van der Waals surface area contributed by atoms with Crippen LogP contribution >= 0.6 is 23.1 Å². The normalized spacial score (nSPS) is 10.4. The van der Waals surface area contributed by atoms with E-state index in [1.54, 1.807) is 7.05 Å². The Morgan fingerprint density at radius 1 is 1.42 bits per heavy atom. The smallest absolute Gasteiger partial charge is 0.230 e. The summed E-state index contributed by atoms with van der Waals surface area (Å²) in [6.45, 7) is 1.47. The van der Waals surface area contributed by atoms with Gasteiger partial charge in [0.2, 0.25) is 11.8 Å². The molecule has 0 spiro atoms. The Bertz CT molecular complexity index is 624. The van der Waals surface area contributed by atoms with Crippen LogP contribution in [0.25, 0.3) is 10.2 Å². The molecule has 7 heteroatoms. The predicted molar refractivity (Wildman–Crippen MR) is 78.7 cm³/mol. The summed E-state index contributed by atoms with van der Waals surface area (Å²) < 4.78 is 1.84. The summed E-state index contributed by atoms with van der Waals surface area (Å²) in [7, 11) is 1.61. The zero-order valence-electron chi connectivity index (χ0n) is 10.5. The van der Waals surface area contributed by atoms with Gasteiger partial charge in [-0.15, -0.1) is 11.3 Å². The summed E-state index contributed by atoms with van der Waals surface area (Å²) in [5.74, 6) is 0.232. The molecule has 0 radical (unpaired) electrons. The maximum absolute atomic E-state index is 11.2. The van der Waals surface area contributed by atoms with Gasteiger partial charge in [-0.25, -0.2) is 4.98 Å². The third kappa shape index (κ3) is 3.68. The number of rotatable bonds is 4. The minimum Gasteiger partial charge on any atom is -0.358 e. The van der Waals surface area contributed by atoms with Gasteiger partial charge in [-0.2, -0.15) is 0 Å². The Balaban J connectivity index is 2.15. The predicted octanol–water partition coefficient (Wildman–Crippen LogP) is 2.09. The van der Waals surface area contributed by atoms with Crippen molar-refractivity contribution in [3.63, 3.8) is 0 Å². The summed E-state index contributed by atoms with van der Waals surface area (Å²) in [5, 5.41) is 5.30. The lowest BCUT2D eigenvalue weighted by atomic mass is 10.3. The van der Waals surface area contributed by atoms with Crippen LogP contribution in [0.2, 0.25) is 0 Å². The lowest BCUT2D eigenvalue weighted by Gasteiger charge is -1.99. The highest BCUT2D eigenvalue weighted by Gasteiger charge is 2.07.